The minimum Gasteiger partial charge on any atom is -0.439 e. The van der Waals surface area contributed by atoms with Gasteiger partial charge in [-0.3, -0.25) is 9.78 Å². The molecule has 2 aromatic heterocycles. The first-order valence-electron chi connectivity index (χ1n) is 7.16. The molecule has 9 heteroatoms. The van der Waals surface area contributed by atoms with Crippen molar-refractivity contribution >= 4 is 22.2 Å². The van der Waals surface area contributed by atoms with E-state index in [0.29, 0.717) is 28.0 Å². The number of nitrogens with zero attached hydrogens (tertiary/aromatic N) is 3. The van der Waals surface area contributed by atoms with Crippen LogP contribution in [0.2, 0.25) is 0 Å². The van der Waals surface area contributed by atoms with Gasteiger partial charge in [-0.2, -0.15) is 18.2 Å². The average Bonchev–Trinajstić information content (AvgIpc) is 2.63. The van der Waals surface area contributed by atoms with Gasteiger partial charge in [-0.15, -0.1) is 0 Å². The fourth-order valence-electron chi connectivity index (χ4n) is 2.05. The molecule has 5 nitrogen and oxygen atoms in total. The molecule has 0 unspecified atom stereocenters. The molecular weight excluding hydrogens is 415 g/mol. The number of ether oxygens (including phenoxy) is 1. The molecule has 2 heterocycles. The molecule has 0 saturated carbocycles. The molecule has 0 N–H and O–H groups in total. The number of aromatic nitrogens is 3. The third-order valence-corrected chi connectivity index (χ3v) is 3.97. The molecule has 0 fully saturated rings. The Bertz CT molecular complexity index is 950. The van der Waals surface area contributed by atoms with Crippen molar-refractivity contribution in [1.29, 1.82) is 0 Å². The van der Waals surface area contributed by atoms with E-state index in [9.17, 15) is 18.0 Å². The number of alkyl halides is 3. The number of benzene rings is 1. The largest absolute Gasteiger partial charge is 0.439 e. The molecule has 3 rings (SSSR count). The zero-order valence-corrected chi connectivity index (χ0v) is 14.5. The highest BCUT2D eigenvalue weighted by atomic mass is 79.9. The molecule has 0 radical (unpaired) electrons. The first-order chi connectivity index (χ1) is 12.4. The second kappa shape index (κ2) is 7.20. The molecule has 3 aromatic rings. The Morgan fingerprint density at radius 3 is 2.42 bits per heavy atom. The summed E-state index contributed by atoms with van der Waals surface area (Å²) in [6.07, 6.45) is -1.23. The number of halogens is 4. The normalized spacial score (nSPS) is 11.2. The number of hydrogen-bond acceptors (Lipinski definition) is 5. The van der Waals surface area contributed by atoms with Crippen LogP contribution in [0.4, 0.5) is 13.2 Å². The van der Waals surface area contributed by atoms with E-state index < -0.39 is 11.9 Å². The highest BCUT2D eigenvalue weighted by Crippen LogP contribution is 2.33. The topological polar surface area (TPSA) is 65.0 Å². The Balaban J connectivity index is 2.05. The van der Waals surface area contributed by atoms with Crippen molar-refractivity contribution in [3.63, 3.8) is 0 Å². The summed E-state index contributed by atoms with van der Waals surface area (Å²) in [4.78, 5) is 22.4. The Morgan fingerprint density at radius 2 is 1.77 bits per heavy atom. The van der Waals surface area contributed by atoms with Crippen LogP contribution in [0.25, 0.3) is 11.4 Å². The van der Waals surface area contributed by atoms with E-state index in [0.717, 1.165) is 0 Å². The predicted molar refractivity (Wildman–Crippen MR) is 89.9 cm³/mol. The first-order valence-corrected chi connectivity index (χ1v) is 7.95. The van der Waals surface area contributed by atoms with E-state index >= 15 is 0 Å². The maximum Gasteiger partial charge on any atom is 0.433 e. The van der Waals surface area contributed by atoms with Gasteiger partial charge in [0.2, 0.25) is 5.88 Å². The molecule has 0 saturated heterocycles. The number of hydrogen-bond donors (Lipinski definition) is 0. The average molecular weight is 424 g/mol. The Kier molecular flexibility index (Phi) is 4.99. The van der Waals surface area contributed by atoms with Crippen molar-refractivity contribution in [3.05, 3.63) is 64.5 Å². The van der Waals surface area contributed by atoms with Gasteiger partial charge in [0.15, 0.2) is 17.8 Å². The molecule has 0 amide bonds. The molecule has 132 valence electrons. The summed E-state index contributed by atoms with van der Waals surface area (Å²) in [5, 5.41) is 0. The van der Waals surface area contributed by atoms with Crippen LogP contribution in [0, 0.1) is 0 Å². The lowest BCUT2D eigenvalue weighted by atomic mass is 10.2. The Labute approximate surface area is 154 Å². The standard InChI is InChI=1S/C17H9BrF3N3O2/c18-13-2-1-12(7-11(13)9-25)26-15-8-14(17(19,20)21)23-16(24-15)10-3-5-22-6-4-10/h1-9H. The molecular formula is C17H9BrF3N3O2. The molecule has 1 aromatic carbocycles. The summed E-state index contributed by atoms with van der Waals surface area (Å²) in [5.74, 6) is -0.272. The summed E-state index contributed by atoms with van der Waals surface area (Å²) in [6.45, 7) is 0. The van der Waals surface area contributed by atoms with Crippen molar-refractivity contribution in [1.82, 2.24) is 15.0 Å². The van der Waals surface area contributed by atoms with E-state index in [2.05, 4.69) is 30.9 Å². The van der Waals surface area contributed by atoms with Gasteiger partial charge in [-0.1, -0.05) is 15.9 Å². The second-order valence-electron chi connectivity index (χ2n) is 5.05. The fraction of sp³-hybridized carbons (Fsp3) is 0.0588. The number of aldehydes is 1. The lowest BCUT2D eigenvalue weighted by Crippen LogP contribution is -2.10. The zero-order valence-electron chi connectivity index (χ0n) is 12.9. The quantitative estimate of drug-likeness (QED) is 0.556. The van der Waals surface area contributed by atoms with E-state index in [1.807, 2.05) is 0 Å². The maximum absolute atomic E-state index is 13.2. The summed E-state index contributed by atoms with van der Waals surface area (Å²) in [5.41, 5.74) is -0.482. The minimum absolute atomic E-state index is 0.148. The van der Waals surface area contributed by atoms with Crippen LogP contribution in [-0.2, 0) is 6.18 Å². The van der Waals surface area contributed by atoms with E-state index in [1.165, 1.54) is 36.7 Å². The van der Waals surface area contributed by atoms with Crippen molar-refractivity contribution in [2.75, 3.05) is 0 Å². The van der Waals surface area contributed by atoms with Crippen LogP contribution in [0.15, 0.2) is 53.3 Å². The van der Waals surface area contributed by atoms with Crippen LogP contribution < -0.4 is 4.74 Å². The summed E-state index contributed by atoms with van der Waals surface area (Å²) in [7, 11) is 0. The van der Waals surface area contributed by atoms with Gasteiger partial charge in [-0.25, -0.2) is 4.98 Å². The van der Waals surface area contributed by atoms with Gasteiger partial charge in [0.25, 0.3) is 0 Å². The first kappa shape index (κ1) is 18.0. The predicted octanol–water partition coefficient (Wildman–Crippen LogP) is 4.92. The van der Waals surface area contributed by atoms with Crippen molar-refractivity contribution in [2.24, 2.45) is 0 Å². The summed E-state index contributed by atoms with van der Waals surface area (Å²) in [6, 6.07) is 8.12. The third-order valence-electron chi connectivity index (χ3n) is 3.25. The third kappa shape index (κ3) is 4.05. The van der Waals surface area contributed by atoms with Gasteiger partial charge in [0.05, 0.1) is 0 Å². The lowest BCUT2D eigenvalue weighted by molar-refractivity contribution is -0.141. The monoisotopic (exact) mass is 423 g/mol. The van der Waals surface area contributed by atoms with Crippen molar-refractivity contribution in [2.45, 2.75) is 6.18 Å². The molecule has 0 spiro atoms. The van der Waals surface area contributed by atoms with Crippen molar-refractivity contribution in [3.8, 4) is 23.0 Å². The minimum atomic E-state index is -4.67. The number of carbonyl (C=O) groups excluding carboxylic acids is 1. The van der Waals surface area contributed by atoms with Gasteiger partial charge in [0.1, 0.15) is 5.75 Å². The van der Waals surface area contributed by atoms with Crippen LogP contribution >= 0.6 is 15.9 Å². The molecule has 26 heavy (non-hydrogen) atoms. The molecule has 0 aliphatic rings. The summed E-state index contributed by atoms with van der Waals surface area (Å²) >= 11 is 3.19. The number of pyridine rings is 1. The van der Waals surface area contributed by atoms with E-state index in [1.54, 1.807) is 6.07 Å². The molecule has 0 atom stereocenters. The zero-order chi connectivity index (χ0) is 18.7. The SMILES string of the molecule is O=Cc1cc(Oc2cc(C(F)(F)F)nc(-c3ccncc3)n2)ccc1Br. The Morgan fingerprint density at radius 1 is 1.04 bits per heavy atom. The van der Waals surface area contributed by atoms with Crippen molar-refractivity contribution < 1.29 is 22.7 Å². The van der Waals surface area contributed by atoms with E-state index in [4.69, 9.17) is 4.74 Å². The molecule has 0 aliphatic carbocycles. The molecule has 0 aliphatic heterocycles. The second-order valence-corrected chi connectivity index (χ2v) is 5.91. The Hall–Kier alpha value is -2.81. The van der Waals surface area contributed by atoms with Crippen LogP contribution in [0.1, 0.15) is 16.1 Å². The fourth-order valence-corrected chi connectivity index (χ4v) is 2.39. The van der Waals surface area contributed by atoms with Crippen LogP contribution in [0.5, 0.6) is 11.6 Å². The maximum atomic E-state index is 13.2. The van der Waals surface area contributed by atoms with Gasteiger partial charge in [0, 0.05) is 34.1 Å². The van der Waals surface area contributed by atoms with Crippen LogP contribution in [-0.4, -0.2) is 21.2 Å². The van der Waals surface area contributed by atoms with Gasteiger partial charge < -0.3 is 4.74 Å². The highest BCUT2D eigenvalue weighted by Gasteiger charge is 2.34. The highest BCUT2D eigenvalue weighted by molar-refractivity contribution is 9.10. The van der Waals surface area contributed by atoms with E-state index in [-0.39, 0.29) is 17.5 Å². The number of rotatable bonds is 4. The smallest absolute Gasteiger partial charge is 0.433 e. The lowest BCUT2D eigenvalue weighted by Gasteiger charge is -2.11. The summed E-state index contributed by atoms with van der Waals surface area (Å²) < 4.78 is 45.5. The molecule has 0 bridgehead atoms. The van der Waals surface area contributed by atoms with Gasteiger partial charge >= 0.3 is 6.18 Å². The van der Waals surface area contributed by atoms with Gasteiger partial charge in [-0.05, 0) is 30.3 Å². The number of carbonyl (C=O) groups is 1. The van der Waals surface area contributed by atoms with Crippen LogP contribution in [0.3, 0.4) is 0 Å².